The van der Waals surface area contributed by atoms with E-state index in [1.807, 2.05) is 19.9 Å². The van der Waals surface area contributed by atoms with Gasteiger partial charge in [0.05, 0.1) is 37.9 Å². The van der Waals surface area contributed by atoms with Gasteiger partial charge < -0.3 is 35.3 Å². The zero-order chi connectivity index (χ0) is 26.9. The van der Waals surface area contributed by atoms with Crippen LogP contribution < -0.4 is 35.5 Å². The van der Waals surface area contributed by atoms with Crippen molar-refractivity contribution in [3.8, 4) is 17.2 Å². The first-order chi connectivity index (χ1) is 17.8. The molecule has 0 spiro atoms. The van der Waals surface area contributed by atoms with Crippen molar-refractivity contribution in [2.75, 3.05) is 62.9 Å². The highest BCUT2D eigenvalue weighted by atomic mass is 16.5. The predicted molar refractivity (Wildman–Crippen MR) is 145 cm³/mol. The number of nitrogens with one attached hydrogen (secondary N) is 2. The van der Waals surface area contributed by atoms with Crippen LogP contribution in [0.25, 0.3) is 0 Å². The second-order valence-electron chi connectivity index (χ2n) is 8.08. The van der Waals surface area contributed by atoms with Gasteiger partial charge >= 0.3 is 6.03 Å². The molecule has 0 unspecified atom stereocenters. The summed E-state index contributed by atoms with van der Waals surface area (Å²) in [4.78, 5) is 23.1. The number of anilines is 5. The van der Waals surface area contributed by atoms with Crippen LogP contribution in [0.4, 0.5) is 33.5 Å². The third kappa shape index (κ3) is 6.50. The Labute approximate surface area is 216 Å². The van der Waals surface area contributed by atoms with Crippen molar-refractivity contribution >= 4 is 34.7 Å². The van der Waals surface area contributed by atoms with Gasteiger partial charge in [-0.3, -0.25) is 4.90 Å². The van der Waals surface area contributed by atoms with Crippen molar-refractivity contribution in [1.29, 1.82) is 0 Å². The average molecular weight is 511 g/mol. The van der Waals surface area contributed by atoms with Gasteiger partial charge in [0.1, 0.15) is 41.8 Å². The predicted octanol–water partition coefficient (Wildman–Crippen LogP) is 4.38. The van der Waals surface area contributed by atoms with E-state index < -0.39 is 0 Å². The number of aromatic nitrogens is 2. The molecule has 0 radical (unpaired) electrons. The van der Waals surface area contributed by atoms with Gasteiger partial charge in [0.2, 0.25) is 0 Å². The summed E-state index contributed by atoms with van der Waals surface area (Å²) in [5, 5.41) is 6.15. The van der Waals surface area contributed by atoms with E-state index in [9.17, 15) is 4.79 Å². The minimum Gasteiger partial charge on any atom is -0.496 e. The van der Waals surface area contributed by atoms with E-state index in [2.05, 4.69) is 20.6 Å². The van der Waals surface area contributed by atoms with E-state index in [0.29, 0.717) is 65.6 Å². The summed E-state index contributed by atoms with van der Waals surface area (Å²) < 4.78 is 21.6. The normalized spacial score (nSPS) is 10.5. The fourth-order valence-electron chi connectivity index (χ4n) is 3.72. The Kier molecular flexibility index (Phi) is 9.33. The first-order valence-corrected chi connectivity index (χ1v) is 11.7. The number of nitrogen functional groups attached to an aromatic ring is 1. The third-order valence-corrected chi connectivity index (χ3v) is 5.77. The zero-order valence-electron chi connectivity index (χ0n) is 22.0. The lowest BCUT2D eigenvalue weighted by Gasteiger charge is -2.22. The highest BCUT2D eigenvalue weighted by molar-refractivity contribution is 6.02. The molecule has 11 heteroatoms. The molecule has 2 aromatic carbocycles. The van der Waals surface area contributed by atoms with Gasteiger partial charge in [0.25, 0.3) is 0 Å². The average Bonchev–Trinajstić information content (AvgIpc) is 2.90. The van der Waals surface area contributed by atoms with Crippen molar-refractivity contribution in [1.82, 2.24) is 9.97 Å². The number of amides is 2. The summed E-state index contributed by atoms with van der Waals surface area (Å²) in [5.74, 6) is 2.75. The Hall–Kier alpha value is -4.25. The molecule has 37 heavy (non-hydrogen) atoms. The van der Waals surface area contributed by atoms with Crippen LogP contribution in [0.3, 0.4) is 0 Å². The lowest BCUT2D eigenvalue weighted by Crippen LogP contribution is -2.32. The van der Waals surface area contributed by atoms with Gasteiger partial charge in [-0.1, -0.05) is 6.92 Å². The topological polar surface area (TPSA) is 133 Å². The van der Waals surface area contributed by atoms with E-state index in [4.69, 9.17) is 24.7 Å². The molecule has 0 fully saturated rings. The van der Waals surface area contributed by atoms with Crippen LogP contribution >= 0.6 is 0 Å². The highest BCUT2D eigenvalue weighted by Crippen LogP contribution is 2.37. The molecular weight excluding hydrogens is 476 g/mol. The van der Waals surface area contributed by atoms with Crippen LogP contribution in [0.1, 0.15) is 18.1 Å². The van der Waals surface area contributed by atoms with E-state index in [1.54, 1.807) is 52.6 Å². The molecule has 1 heterocycles. The molecule has 4 N–H and O–H groups in total. The molecule has 0 aliphatic heterocycles. The number of carbonyl (C=O) groups excluding carboxylic acids is 1. The van der Waals surface area contributed by atoms with Crippen LogP contribution in [-0.4, -0.2) is 57.6 Å². The van der Waals surface area contributed by atoms with Crippen LogP contribution in [0.15, 0.2) is 36.7 Å². The van der Waals surface area contributed by atoms with E-state index in [-0.39, 0.29) is 6.03 Å². The standard InChI is InChI=1S/C26H34N6O5/c1-7-18-22(36-6)13-21(35-5)16(2)25(18)31-26(33)32(3)24-14-23(28-15-29-24)30-20-9-8-17(12-19(20)27)37-11-10-34-4/h8-9,12-15H,7,10-11,27H2,1-6H3,(H,31,33)(H,28,29,30). The first-order valence-electron chi connectivity index (χ1n) is 11.7. The summed E-state index contributed by atoms with van der Waals surface area (Å²) in [5.41, 5.74) is 9.62. The summed E-state index contributed by atoms with van der Waals surface area (Å²) in [6.07, 6.45) is 2.03. The van der Waals surface area contributed by atoms with Gasteiger partial charge in [-0.05, 0) is 25.5 Å². The number of hydrogen-bond acceptors (Lipinski definition) is 9. The molecule has 0 bridgehead atoms. The summed E-state index contributed by atoms with van der Waals surface area (Å²) in [6, 6.07) is 8.40. The molecule has 0 saturated heterocycles. The maximum atomic E-state index is 13.2. The fraction of sp³-hybridized carbons (Fsp3) is 0.346. The third-order valence-electron chi connectivity index (χ3n) is 5.77. The number of nitrogens with two attached hydrogens (primary N) is 1. The van der Waals surface area contributed by atoms with Crippen LogP contribution in [0.5, 0.6) is 17.2 Å². The number of benzene rings is 2. The van der Waals surface area contributed by atoms with Crippen molar-refractivity contribution in [2.45, 2.75) is 20.3 Å². The van der Waals surface area contributed by atoms with E-state index in [1.165, 1.54) is 11.2 Å². The molecular formula is C26H34N6O5. The van der Waals surface area contributed by atoms with Crippen molar-refractivity contribution in [3.05, 3.63) is 47.8 Å². The molecule has 11 nitrogen and oxygen atoms in total. The van der Waals surface area contributed by atoms with Crippen molar-refractivity contribution in [3.63, 3.8) is 0 Å². The fourth-order valence-corrected chi connectivity index (χ4v) is 3.72. The molecule has 3 aromatic rings. The Morgan fingerprint density at radius 1 is 1.05 bits per heavy atom. The lowest BCUT2D eigenvalue weighted by molar-refractivity contribution is 0.146. The monoisotopic (exact) mass is 510 g/mol. The first kappa shape index (κ1) is 27.3. The number of nitrogens with zero attached hydrogens (tertiary/aromatic N) is 3. The number of carbonyl (C=O) groups is 1. The Bertz CT molecular complexity index is 1240. The molecule has 0 aliphatic rings. The maximum Gasteiger partial charge on any atom is 0.327 e. The van der Waals surface area contributed by atoms with E-state index in [0.717, 1.165) is 11.1 Å². The van der Waals surface area contributed by atoms with Crippen LogP contribution in [0, 0.1) is 6.92 Å². The molecule has 2 amide bonds. The second-order valence-corrected chi connectivity index (χ2v) is 8.08. The largest absolute Gasteiger partial charge is 0.496 e. The van der Waals surface area contributed by atoms with Gasteiger partial charge in [0.15, 0.2) is 0 Å². The highest BCUT2D eigenvalue weighted by Gasteiger charge is 2.20. The molecule has 198 valence electrons. The van der Waals surface area contributed by atoms with Crippen LogP contribution in [-0.2, 0) is 11.2 Å². The van der Waals surface area contributed by atoms with Gasteiger partial charge in [-0.15, -0.1) is 0 Å². The zero-order valence-corrected chi connectivity index (χ0v) is 22.0. The summed E-state index contributed by atoms with van der Waals surface area (Å²) in [7, 11) is 6.40. The lowest BCUT2D eigenvalue weighted by atomic mass is 10.0. The van der Waals surface area contributed by atoms with E-state index >= 15 is 0 Å². The van der Waals surface area contributed by atoms with Gasteiger partial charge in [-0.2, -0.15) is 0 Å². The van der Waals surface area contributed by atoms with Crippen LogP contribution in [0.2, 0.25) is 0 Å². The quantitative estimate of drug-likeness (QED) is 0.254. The summed E-state index contributed by atoms with van der Waals surface area (Å²) >= 11 is 0. The summed E-state index contributed by atoms with van der Waals surface area (Å²) in [6.45, 7) is 4.79. The molecule has 3 rings (SSSR count). The SMILES string of the molecule is CCc1c(OC)cc(OC)c(C)c1NC(=O)N(C)c1cc(Nc2ccc(OCCOC)cc2N)ncn1. The number of hydrogen-bond donors (Lipinski definition) is 3. The Morgan fingerprint density at radius 3 is 2.46 bits per heavy atom. The number of ether oxygens (including phenoxy) is 4. The van der Waals surface area contributed by atoms with Gasteiger partial charge in [0, 0.05) is 43.5 Å². The van der Waals surface area contributed by atoms with Crippen molar-refractivity contribution < 1.29 is 23.7 Å². The molecule has 0 aliphatic carbocycles. The molecule has 0 saturated carbocycles. The molecule has 0 atom stereocenters. The molecule has 1 aromatic heterocycles. The Morgan fingerprint density at radius 2 is 1.81 bits per heavy atom. The number of methoxy groups -OCH3 is 3. The van der Waals surface area contributed by atoms with Gasteiger partial charge in [-0.25, -0.2) is 14.8 Å². The minimum atomic E-state index is -0.380. The Balaban J connectivity index is 1.78. The number of rotatable bonds is 11. The smallest absolute Gasteiger partial charge is 0.327 e. The second kappa shape index (κ2) is 12.6. The number of urea groups is 1. The minimum absolute atomic E-state index is 0.380. The van der Waals surface area contributed by atoms with Crippen molar-refractivity contribution in [2.24, 2.45) is 0 Å². The maximum absolute atomic E-state index is 13.2.